The van der Waals surface area contributed by atoms with Crippen LogP contribution in [0.5, 0.6) is 0 Å². The van der Waals surface area contributed by atoms with Gasteiger partial charge in [0, 0.05) is 25.3 Å². The molecule has 1 aromatic rings. The Labute approximate surface area is 122 Å². The van der Waals surface area contributed by atoms with E-state index in [2.05, 4.69) is 54.8 Å². The van der Waals surface area contributed by atoms with E-state index in [1.807, 2.05) is 0 Å². The van der Waals surface area contributed by atoms with Crippen LogP contribution in [0.3, 0.4) is 0 Å². The second kappa shape index (κ2) is 8.59. The molecule has 112 valence electrons. The minimum absolute atomic E-state index is 0.173. The third-order valence-electron chi connectivity index (χ3n) is 3.58. The first-order valence-electron chi connectivity index (χ1n) is 7.32. The molecule has 0 aliphatic heterocycles. The highest BCUT2D eigenvalue weighted by Crippen LogP contribution is 2.15. The molecule has 0 aliphatic rings. The molecule has 20 heavy (non-hydrogen) atoms. The van der Waals surface area contributed by atoms with Gasteiger partial charge in [0.1, 0.15) is 0 Å². The van der Waals surface area contributed by atoms with Crippen LogP contribution in [-0.2, 0) is 4.79 Å². The number of hydrogen-bond donors (Lipinski definition) is 1. The van der Waals surface area contributed by atoms with Crippen molar-refractivity contribution in [3.05, 3.63) is 29.8 Å². The third-order valence-corrected chi connectivity index (χ3v) is 3.58. The summed E-state index contributed by atoms with van der Waals surface area (Å²) in [4.78, 5) is 15.3. The first-order chi connectivity index (χ1) is 9.56. The van der Waals surface area contributed by atoms with Crippen LogP contribution in [0.25, 0.3) is 0 Å². The van der Waals surface area contributed by atoms with Crippen molar-refractivity contribution in [1.82, 2.24) is 4.90 Å². The lowest BCUT2D eigenvalue weighted by Gasteiger charge is -2.28. The minimum Gasteiger partial charge on any atom is -0.481 e. The molecule has 1 N–H and O–H groups in total. The van der Waals surface area contributed by atoms with Crippen molar-refractivity contribution in [3.63, 3.8) is 0 Å². The van der Waals surface area contributed by atoms with Crippen LogP contribution in [0.1, 0.15) is 25.8 Å². The van der Waals surface area contributed by atoms with Gasteiger partial charge in [-0.3, -0.25) is 4.79 Å². The van der Waals surface area contributed by atoms with Crippen LogP contribution in [0, 0.1) is 6.92 Å². The minimum atomic E-state index is -0.745. The summed E-state index contributed by atoms with van der Waals surface area (Å²) >= 11 is 0. The molecule has 0 unspecified atom stereocenters. The summed E-state index contributed by atoms with van der Waals surface area (Å²) < 4.78 is 0. The summed E-state index contributed by atoms with van der Waals surface area (Å²) in [6.45, 7) is 10.8. The highest BCUT2D eigenvalue weighted by Gasteiger charge is 2.10. The van der Waals surface area contributed by atoms with Gasteiger partial charge in [0.05, 0.1) is 6.42 Å². The van der Waals surface area contributed by atoms with Crippen LogP contribution < -0.4 is 4.90 Å². The average molecular weight is 278 g/mol. The van der Waals surface area contributed by atoms with Gasteiger partial charge in [-0.1, -0.05) is 31.5 Å². The van der Waals surface area contributed by atoms with Gasteiger partial charge in [0.15, 0.2) is 0 Å². The Balaban J connectivity index is 2.68. The molecule has 0 aliphatic carbocycles. The largest absolute Gasteiger partial charge is 0.481 e. The lowest BCUT2D eigenvalue weighted by molar-refractivity contribution is -0.136. The number of rotatable bonds is 9. The smallest absolute Gasteiger partial charge is 0.305 e. The molecule has 4 nitrogen and oxygen atoms in total. The second-order valence-electron chi connectivity index (χ2n) is 4.99. The number of benzene rings is 1. The lowest BCUT2D eigenvalue weighted by Crippen LogP contribution is -2.36. The monoisotopic (exact) mass is 278 g/mol. The van der Waals surface area contributed by atoms with Crippen molar-refractivity contribution in [2.24, 2.45) is 0 Å². The highest BCUT2D eigenvalue weighted by atomic mass is 16.4. The van der Waals surface area contributed by atoms with Crippen LogP contribution >= 0.6 is 0 Å². The predicted octanol–water partition coefficient (Wildman–Crippen LogP) is 2.62. The number of carbonyl (C=O) groups is 1. The van der Waals surface area contributed by atoms with Gasteiger partial charge in [0.25, 0.3) is 0 Å². The molecule has 0 fully saturated rings. The fraction of sp³-hybridized carbons (Fsp3) is 0.562. The average Bonchev–Trinajstić information content (AvgIpc) is 2.44. The summed E-state index contributed by atoms with van der Waals surface area (Å²) in [5, 5.41) is 8.89. The summed E-state index contributed by atoms with van der Waals surface area (Å²) in [7, 11) is 0. The topological polar surface area (TPSA) is 43.8 Å². The zero-order chi connectivity index (χ0) is 15.0. The van der Waals surface area contributed by atoms with E-state index >= 15 is 0 Å². The molecule has 0 aromatic heterocycles. The van der Waals surface area contributed by atoms with E-state index < -0.39 is 5.97 Å². The summed E-state index contributed by atoms with van der Waals surface area (Å²) in [5.74, 6) is -0.745. The zero-order valence-electron chi connectivity index (χ0n) is 12.8. The van der Waals surface area contributed by atoms with Gasteiger partial charge in [-0.15, -0.1) is 0 Å². The number of aryl methyl sites for hydroxylation is 1. The van der Waals surface area contributed by atoms with Crippen molar-refractivity contribution >= 4 is 11.7 Å². The molecule has 0 saturated heterocycles. The van der Waals surface area contributed by atoms with E-state index in [0.717, 1.165) is 31.9 Å². The molecule has 0 atom stereocenters. The molecule has 0 amide bonds. The maximum Gasteiger partial charge on any atom is 0.305 e. The number of carboxylic acid groups (broad SMARTS) is 1. The van der Waals surface area contributed by atoms with Gasteiger partial charge < -0.3 is 14.9 Å². The molecule has 1 aromatic carbocycles. The maximum absolute atomic E-state index is 10.8. The molecular weight excluding hydrogens is 252 g/mol. The van der Waals surface area contributed by atoms with Crippen LogP contribution in [0.4, 0.5) is 5.69 Å². The standard InChI is InChI=1S/C16H26N2O2/c1-4-17(5-2)12-13-18(11-10-16(19)20)15-8-6-14(3)7-9-15/h6-9H,4-5,10-13H2,1-3H3,(H,19,20). The Morgan fingerprint density at radius 3 is 2.15 bits per heavy atom. The van der Waals surface area contributed by atoms with Crippen molar-refractivity contribution in [1.29, 1.82) is 0 Å². The fourth-order valence-corrected chi connectivity index (χ4v) is 2.16. The number of aliphatic carboxylic acids is 1. The summed E-state index contributed by atoms with van der Waals surface area (Å²) in [5.41, 5.74) is 2.32. The summed E-state index contributed by atoms with van der Waals surface area (Å²) in [6.07, 6.45) is 0.173. The Bertz CT molecular complexity index is 399. The number of carboxylic acids is 1. The number of anilines is 1. The molecule has 0 radical (unpaired) electrons. The Kier molecular flexibility index (Phi) is 7.09. The SMILES string of the molecule is CCN(CC)CCN(CCC(=O)O)c1ccc(C)cc1. The van der Waals surface area contributed by atoms with Gasteiger partial charge in [-0.25, -0.2) is 0 Å². The fourth-order valence-electron chi connectivity index (χ4n) is 2.16. The van der Waals surface area contributed by atoms with Gasteiger partial charge >= 0.3 is 5.97 Å². The molecule has 4 heteroatoms. The van der Waals surface area contributed by atoms with E-state index in [-0.39, 0.29) is 6.42 Å². The lowest BCUT2D eigenvalue weighted by atomic mass is 10.2. The highest BCUT2D eigenvalue weighted by molar-refractivity contribution is 5.67. The first kappa shape index (κ1) is 16.5. The molecule has 1 rings (SSSR count). The van der Waals surface area contributed by atoms with Gasteiger partial charge in [-0.05, 0) is 32.1 Å². The second-order valence-corrected chi connectivity index (χ2v) is 4.99. The Morgan fingerprint density at radius 1 is 1.05 bits per heavy atom. The zero-order valence-corrected chi connectivity index (χ0v) is 12.8. The van der Waals surface area contributed by atoms with Crippen LogP contribution in [0.15, 0.2) is 24.3 Å². The molecule has 0 bridgehead atoms. The van der Waals surface area contributed by atoms with Crippen molar-refractivity contribution in [2.75, 3.05) is 37.6 Å². The van der Waals surface area contributed by atoms with Crippen LogP contribution in [0.2, 0.25) is 0 Å². The number of nitrogens with zero attached hydrogens (tertiary/aromatic N) is 2. The molecule has 0 heterocycles. The van der Waals surface area contributed by atoms with Crippen LogP contribution in [-0.4, -0.2) is 48.7 Å². The van der Waals surface area contributed by atoms with E-state index in [4.69, 9.17) is 5.11 Å². The molecule has 0 saturated carbocycles. The van der Waals surface area contributed by atoms with Crippen molar-refractivity contribution in [2.45, 2.75) is 27.2 Å². The number of likely N-dealkylation sites (N-methyl/N-ethyl adjacent to an activating group) is 1. The first-order valence-corrected chi connectivity index (χ1v) is 7.32. The number of hydrogen-bond acceptors (Lipinski definition) is 3. The van der Waals surface area contributed by atoms with Crippen molar-refractivity contribution in [3.8, 4) is 0 Å². The summed E-state index contributed by atoms with van der Waals surface area (Å²) in [6, 6.07) is 8.28. The Hall–Kier alpha value is -1.55. The van der Waals surface area contributed by atoms with Gasteiger partial charge in [0.2, 0.25) is 0 Å². The van der Waals surface area contributed by atoms with Crippen molar-refractivity contribution < 1.29 is 9.90 Å². The Morgan fingerprint density at radius 2 is 1.65 bits per heavy atom. The normalized spacial score (nSPS) is 10.8. The van der Waals surface area contributed by atoms with E-state index in [9.17, 15) is 4.79 Å². The van der Waals surface area contributed by atoms with E-state index in [1.54, 1.807) is 0 Å². The maximum atomic E-state index is 10.8. The third kappa shape index (κ3) is 5.61. The van der Waals surface area contributed by atoms with Gasteiger partial charge in [-0.2, -0.15) is 0 Å². The predicted molar refractivity (Wildman–Crippen MR) is 83.4 cm³/mol. The molecule has 0 spiro atoms. The van der Waals surface area contributed by atoms with E-state index in [0.29, 0.717) is 6.54 Å². The quantitative estimate of drug-likeness (QED) is 0.754. The molecular formula is C16H26N2O2. The van der Waals surface area contributed by atoms with E-state index in [1.165, 1.54) is 5.56 Å².